The SMILES string of the molecule is FC(F)(F)c1nc2n(n1)CCCN2. The molecule has 0 aromatic carbocycles. The van der Waals surface area contributed by atoms with E-state index >= 15 is 0 Å². The fourth-order valence-electron chi connectivity index (χ4n) is 1.18. The van der Waals surface area contributed by atoms with Crippen LogP contribution in [0.15, 0.2) is 0 Å². The summed E-state index contributed by atoms with van der Waals surface area (Å²) in [6, 6.07) is 0. The van der Waals surface area contributed by atoms with Crippen LogP contribution in [0.5, 0.6) is 0 Å². The lowest BCUT2D eigenvalue weighted by molar-refractivity contribution is -0.144. The van der Waals surface area contributed by atoms with E-state index in [9.17, 15) is 13.2 Å². The summed E-state index contributed by atoms with van der Waals surface area (Å²) in [4.78, 5) is 3.34. The summed E-state index contributed by atoms with van der Waals surface area (Å²) in [5.41, 5.74) is 0. The Labute approximate surface area is 71.8 Å². The van der Waals surface area contributed by atoms with Gasteiger partial charge in [0.25, 0.3) is 5.82 Å². The van der Waals surface area contributed by atoms with Gasteiger partial charge in [-0.2, -0.15) is 18.2 Å². The molecular formula is C6H7F3N4. The standard InChI is InChI=1S/C6H7F3N4/c7-6(8,9)4-11-5-10-2-1-3-13(5)12-4/h1-3H2,(H,10,11,12). The van der Waals surface area contributed by atoms with Crippen LogP contribution >= 0.6 is 0 Å². The minimum absolute atomic E-state index is 0.207. The molecule has 0 radical (unpaired) electrons. The van der Waals surface area contributed by atoms with E-state index in [1.54, 1.807) is 0 Å². The Morgan fingerprint density at radius 3 is 2.77 bits per heavy atom. The lowest BCUT2D eigenvalue weighted by Gasteiger charge is -2.12. The van der Waals surface area contributed by atoms with Gasteiger partial charge in [-0.25, -0.2) is 4.68 Å². The van der Waals surface area contributed by atoms with E-state index in [2.05, 4.69) is 15.4 Å². The van der Waals surface area contributed by atoms with Crippen LogP contribution < -0.4 is 5.32 Å². The van der Waals surface area contributed by atoms with Crippen molar-refractivity contribution < 1.29 is 13.2 Å². The van der Waals surface area contributed by atoms with Gasteiger partial charge in [0.15, 0.2) is 0 Å². The first kappa shape index (κ1) is 8.33. The molecule has 0 aliphatic carbocycles. The van der Waals surface area contributed by atoms with Crippen molar-refractivity contribution in [1.82, 2.24) is 14.8 Å². The average Bonchev–Trinajstić information content (AvgIpc) is 2.45. The molecule has 72 valence electrons. The second-order valence-corrected chi connectivity index (χ2v) is 2.76. The summed E-state index contributed by atoms with van der Waals surface area (Å²) >= 11 is 0. The van der Waals surface area contributed by atoms with E-state index < -0.39 is 12.0 Å². The van der Waals surface area contributed by atoms with Crippen molar-refractivity contribution in [2.45, 2.75) is 19.1 Å². The molecule has 13 heavy (non-hydrogen) atoms. The highest BCUT2D eigenvalue weighted by Crippen LogP contribution is 2.27. The first-order valence-electron chi connectivity index (χ1n) is 3.83. The Bertz CT molecular complexity index is 293. The molecule has 1 aliphatic rings. The zero-order valence-corrected chi connectivity index (χ0v) is 6.60. The molecule has 0 unspecified atom stereocenters. The van der Waals surface area contributed by atoms with Gasteiger partial charge >= 0.3 is 6.18 Å². The first-order chi connectivity index (χ1) is 6.07. The molecule has 0 saturated heterocycles. The van der Waals surface area contributed by atoms with Crippen molar-refractivity contribution in [3.05, 3.63) is 5.82 Å². The van der Waals surface area contributed by atoms with E-state index in [4.69, 9.17) is 0 Å². The van der Waals surface area contributed by atoms with Gasteiger partial charge in [0.05, 0.1) is 0 Å². The molecule has 1 aromatic rings. The van der Waals surface area contributed by atoms with Gasteiger partial charge in [0.2, 0.25) is 5.95 Å². The van der Waals surface area contributed by atoms with Crippen LogP contribution in [-0.2, 0) is 12.7 Å². The quantitative estimate of drug-likeness (QED) is 0.669. The molecule has 0 saturated carbocycles. The first-order valence-corrected chi connectivity index (χ1v) is 3.83. The maximum atomic E-state index is 12.1. The summed E-state index contributed by atoms with van der Waals surface area (Å²) in [5, 5.41) is 6.08. The highest BCUT2D eigenvalue weighted by Gasteiger charge is 2.37. The van der Waals surface area contributed by atoms with Gasteiger partial charge < -0.3 is 5.32 Å². The van der Waals surface area contributed by atoms with Crippen molar-refractivity contribution in [3.63, 3.8) is 0 Å². The fraction of sp³-hybridized carbons (Fsp3) is 0.667. The van der Waals surface area contributed by atoms with Crippen molar-refractivity contribution in [2.75, 3.05) is 11.9 Å². The van der Waals surface area contributed by atoms with E-state index in [1.165, 1.54) is 4.68 Å². The number of nitrogens with one attached hydrogen (secondary N) is 1. The van der Waals surface area contributed by atoms with E-state index in [-0.39, 0.29) is 5.95 Å². The molecule has 0 spiro atoms. The zero-order chi connectivity index (χ0) is 9.47. The average molecular weight is 192 g/mol. The number of alkyl halides is 3. The van der Waals surface area contributed by atoms with Crippen LogP contribution in [0.1, 0.15) is 12.2 Å². The summed E-state index contributed by atoms with van der Waals surface area (Å²) in [5.74, 6) is -0.865. The number of aryl methyl sites for hydroxylation is 1. The van der Waals surface area contributed by atoms with Gasteiger partial charge in [-0.3, -0.25) is 0 Å². The Morgan fingerprint density at radius 2 is 2.15 bits per heavy atom. The third-order valence-corrected chi connectivity index (χ3v) is 1.76. The van der Waals surface area contributed by atoms with E-state index in [0.717, 1.165) is 6.42 Å². The lowest BCUT2D eigenvalue weighted by atomic mass is 10.4. The second kappa shape index (κ2) is 2.61. The van der Waals surface area contributed by atoms with Crippen molar-refractivity contribution in [2.24, 2.45) is 0 Å². The summed E-state index contributed by atoms with van der Waals surface area (Å²) in [7, 11) is 0. The predicted molar refractivity (Wildman–Crippen MR) is 38.1 cm³/mol. The molecule has 4 nitrogen and oxygen atoms in total. The topological polar surface area (TPSA) is 42.7 Å². The number of hydrogen-bond acceptors (Lipinski definition) is 3. The molecule has 7 heteroatoms. The number of halogens is 3. The second-order valence-electron chi connectivity index (χ2n) is 2.76. The van der Waals surface area contributed by atoms with E-state index in [1.807, 2.05) is 0 Å². The van der Waals surface area contributed by atoms with Crippen LogP contribution in [0, 0.1) is 0 Å². The third-order valence-electron chi connectivity index (χ3n) is 1.76. The largest absolute Gasteiger partial charge is 0.453 e. The van der Waals surface area contributed by atoms with Gasteiger partial charge in [0, 0.05) is 13.1 Å². The highest BCUT2D eigenvalue weighted by atomic mass is 19.4. The van der Waals surface area contributed by atoms with Crippen molar-refractivity contribution >= 4 is 5.95 Å². The minimum Gasteiger partial charge on any atom is -0.354 e. The molecule has 0 atom stereocenters. The Morgan fingerprint density at radius 1 is 1.38 bits per heavy atom. The molecule has 2 rings (SSSR count). The molecule has 0 fully saturated rings. The number of hydrogen-bond donors (Lipinski definition) is 1. The lowest BCUT2D eigenvalue weighted by Crippen LogP contribution is -2.18. The Kier molecular flexibility index (Phi) is 1.67. The summed E-state index contributed by atoms with van der Waals surface area (Å²) in [6.45, 7) is 1.14. The van der Waals surface area contributed by atoms with Crippen molar-refractivity contribution in [1.29, 1.82) is 0 Å². The molecule has 0 amide bonds. The normalized spacial score (nSPS) is 16.5. The van der Waals surface area contributed by atoms with Crippen LogP contribution in [0.4, 0.5) is 19.1 Å². The Hall–Kier alpha value is -1.27. The maximum Gasteiger partial charge on any atom is 0.453 e. The number of nitrogens with zero attached hydrogens (tertiary/aromatic N) is 3. The fourth-order valence-corrected chi connectivity index (χ4v) is 1.18. The molecule has 1 aliphatic heterocycles. The molecule has 1 N–H and O–H groups in total. The molecule has 2 heterocycles. The predicted octanol–water partition coefficient (Wildman–Crippen LogP) is 1.11. The van der Waals surface area contributed by atoms with Gasteiger partial charge in [0.1, 0.15) is 0 Å². The van der Waals surface area contributed by atoms with Gasteiger partial charge in [-0.15, -0.1) is 5.10 Å². The maximum absolute atomic E-state index is 12.1. The highest BCUT2D eigenvalue weighted by molar-refractivity contribution is 5.27. The zero-order valence-electron chi connectivity index (χ0n) is 6.60. The Balaban J connectivity index is 2.36. The monoisotopic (exact) mass is 192 g/mol. The van der Waals surface area contributed by atoms with E-state index in [0.29, 0.717) is 13.1 Å². The molecule has 1 aromatic heterocycles. The van der Waals surface area contributed by atoms with Crippen LogP contribution in [0.3, 0.4) is 0 Å². The number of aromatic nitrogens is 3. The third kappa shape index (κ3) is 1.45. The van der Waals surface area contributed by atoms with Gasteiger partial charge in [-0.1, -0.05) is 0 Å². The summed E-state index contributed by atoms with van der Waals surface area (Å²) < 4.78 is 37.6. The van der Waals surface area contributed by atoms with Crippen LogP contribution in [0.2, 0.25) is 0 Å². The molecule has 0 bridgehead atoms. The van der Waals surface area contributed by atoms with Crippen LogP contribution in [0.25, 0.3) is 0 Å². The number of fused-ring (bicyclic) bond motifs is 1. The number of anilines is 1. The summed E-state index contributed by atoms with van der Waals surface area (Å²) in [6.07, 6.45) is -3.68. The minimum atomic E-state index is -4.45. The smallest absolute Gasteiger partial charge is 0.354 e. The number of rotatable bonds is 0. The van der Waals surface area contributed by atoms with Gasteiger partial charge in [-0.05, 0) is 6.42 Å². The molecular weight excluding hydrogens is 185 g/mol. The van der Waals surface area contributed by atoms with Crippen LogP contribution in [-0.4, -0.2) is 21.3 Å². The van der Waals surface area contributed by atoms with Crippen molar-refractivity contribution in [3.8, 4) is 0 Å².